The Labute approximate surface area is 107 Å². The fraction of sp³-hybridized carbons (Fsp3) is 0.400. The highest BCUT2D eigenvalue weighted by Gasteiger charge is 2.14. The van der Waals surface area contributed by atoms with Crippen molar-refractivity contribution in [2.45, 2.75) is 19.4 Å². The normalized spacial score (nSPS) is 10.7. The number of rotatable bonds is 3. The molecule has 1 heterocycles. The van der Waals surface area contributed by atoms with Crippen LogP contribution in [-0.2, 0) is 16.0 Å². The second kappa shape index (κ2) is 8.33. The first-order valence-corrected chi connectivity index (χ1v) is 4.39. The van der Waals surface area contributed by atoms with E-state index in [9.17, 15) is 4.79 Å². The zero-order valence-electron chi connectivity index (χ0n) is 9.17. The lowest BCUT2D eigenvalue weighted by molar-refractivity contribution is -0.142. The average Bonchev–Trinajstić information content (AvgIpc) is 2.16. The molecule has 0 aliphatic heterocycles. The first kappa shape index (κ1) is 17.6. The second-order valence-electron chi connectivity index (χ2n) is 3.10. The number of nitrogens with two attached hydrogens (primary N) is 1. The van der Waals surface area contributed by atoms with Gasteiger partial charge in [-0.2, -0.15) is 0 Å². The van der Waals surface area contributed by atoms with Gasteiger partial charge in [0.25, 0.3) is 0 Å². The lowest BCUT2D eigenvalue weighted by atomic mass is 10.1. The van der Waals surface area contributed by atoms with Crippen molar-refractivity contribution in [2.24, 2.45) is 5.73 Å². The number of halogens is 2. The molecule has 2 N–H and O–H groups in total. The molecule has 4 nitrogen and oxygen atoms in total. The summed E-state index contributed by atoms with van der Waals surface area (Å²) in [6.07, 6.45) is 0.411. The minimum atomic E-state index is -0.630. The van der Waals surface area contributed by atoms with Crippen molar-refractivity contribution in [1.82, 2.24) is 4.98 Å². The fourth-order valence-corrected chi connectivity index (χ4v) is 1.17. The molecule has 0 saturated heterocycles. The van der Waals surface area contributed by atoms with Gasteiger partial charge in [0.2, 0.25) is 0 Å². The van der Waals surface area contributed by atoms with Crippen LogP contribution in [0.5, 0.6) is 0 Å². The highest BCUT2D eigenvalue weighted by molar-refractivity contribution is 5.85. The molecule has 0 spiro atoms. The van der Waals surface area contributed by atoms with Crippen LogP contribution in [0.4, 0.5) is 0 Å². The van der Waals surface area contributed by atoms with Crippen molar-refractivity contribution < 1.29 is 9.53 Å². The molecular weight excluding hydrogens is 251 g/mol. The average molecular weight is 267 g/mol. The molecule has 0 amide bonds. The Morgan fingerprint density at radius 2 is 2.12 bits per heavy atom. The number of pyridine rings is 1. The van der Waals surface area contributed by atoms with Gasteiger partial charge in [0.15, 0.2) is 0 Å². The summed E-state index contributed by atoms with van der Waals surface area (Å²) in [5.41, 5.74) is 7.32. The summed E-state index contributed by atoms with van der Waals surface area (Å²) in [7, 11) is 1.33. The largest absolute Gasteiger partial charge is 0.468 e. The maximum atomic E-state index is 11.0. The third-order valence-corrected chi connectivity index (χ3v) is 1.88. The number of aryl methyl sites for hydroxylation is 1. The van der Waals surface area contributed by atoms with E-state index in [0.717, 1.165) is 11.4 Å². The van der Waals surface area contributed by atoms with Crippen LogP contribution >= 0.6 is 24.8 Å². The van der Waals surface area contributed by atoms with Gasteiger partial charge < -0.3 is 10.5 Å². The van der Waals surface area contributed by atoms with Crippen molar-refractivity contribution in [1.29, 1.82) is 0 Å². The van der Waals surface area contributed by atoms with Gasteiger partial charge in [-0.05, 0) is 19.1 Å². The van der Waals surface area contributed by atoms with Gasteiger partial charge in [-0.15, -0.1) is 24.8 Å². The molecule has 0 saturated carbocycles. The number of nitrogens with zero attached hydrogens (tertiary/aromatic N) is 1. The van der Waals surface area contributed by atoms with E-state index in [1.807, 2.05) is 25.1 Å². The van der Waals surface area contributed by atoms with E-state index in [-0.39, 0.29) is 24.8 Å². The van der Waals surface area contributed by atoms with Crippen molar-refractivity contribution in [3.05, 3.63) is 29.6 Å². The van der Waals surface area contributed by atoms with E-state index in [1.54, 1.807) is 0 Å². The predicted molar refractivity (Wildman–Crippen MR) is 67.2 cm³/mol. The Kier molecular flexibility index (Phi) is 9.14. The summed E-state index contributed by atoms with van der Waals surface area (Å²) in [6.45, 7) is 1.90. The van der Waals surface area contributed by atoms with Gasteiger partial charge in [0, 0.05) is 17.8 Å². The first-order chi connectivity index (χ1) is 6.63. The van der Waals surface area contributed by atoms with Gasteiger partial charge in [-0.3, -0.25) is 9.78 Å². The number of hydrogen-bond donors (Lipinski definition) is 1. The number of carbonyl (C=O) groups excluding carboxylic acids is 1. The lowest BCUT2D eigenvalue weighted by Crippen LogP contribution is -2.33. The topological polar surface area (TPSA) is 65.2 Å². The quantitative estimate of drug-likeness (QED) is 0.838. The van der Waals surface area contributed by atoms with E-state index in [0.29, 0.717) is 6.42 Å². The molecule has 0 aliphatic rings. The molecule has 0 aromatic carbocycles. The first-order valence-electron chi connectivity index (χ1n) is 4.39. The molecule has 0 radical (unpaired) electrons. The van der Waals surface area contributed by atoms with Crippen molar-refractivity contribution in [2.75, 3.05) is 7.11 Å². The molecule has 0 fully saturated rings. The molecule has 1 unspecified atom stereocenters. The van der Waals surface area contributed by atoms with Gasteiger partial charge in [-0.1, -0.05) is 6.07 Å². The summed E-state index contributed by atoms with van der Waals surface area (Å²) < 4.78 is 4.52. The van der Waals surface area contributed by atoms with Crippen LogP contribution in [0.3, 0.4) is 0 Å². The number of aromatic nitrogens is 1. The van der Waals surface area contributed by atoms with Gasteiger partial charge in [0.05, 0.1) is 7.11 Å². The minimum absolute atomic E-state index is 0. The van der Waals surface area contributed by atoms with Crippen LogP contribution in [0.25, 0.3) is 0 Å². The third kappa shape index (κ3) is 5.30. The molecule has 1 atom stereocenters. The van der Waals surface area contributed by atoms with Crippen LogP contribution in [0.1, 0.15) is 11.4 Å². The van der Waals surface area contributed by atoms with E-state index in [1.165, 1.54) is 7.11 Å². The van der Waals surface area contributed by atoms with Crippen LogP contribution in [0.2, 0.25) is 0 Å². The Bertz CT molecular complexity index is 334. The summed E-state index contributed by atoms with van der Waals surface area (Å²) in [4.78, 5) is 15.3. The Balaban J connectivity index is 0. The molecule has 0 bridgehead atoms. The van der Waals surface area contributed by atoms with Crippen LogP contribution in [-0.4, -0.2) is 24.1 Å². The number of ether oxygens (including phenoxy) is 1. The Hall–Kier alpha value is -0.840. The van der Waals surface area contributed by atoms with Crippen molar-refractivity contribution in [3.8, 4) is 0 Å². The standard InChI is InChI=1S/C10H14N2O2.2ClH/c1-7-4-3-5-8(12-7)6-9(11)10(13)14-2;;/h3-5,9H,6,11H2,1-2H3;2*1H. The molecule has 0 aliphatic carbocycles. The van der Waals surface area contributed by atoms with Crippen LogP contribution in [0.15, 0.2) is 18.2 Å². The monoisotopic (exact) mass is 266 g/mol. The molecule has 16 heavy (non-hydrogen) atoms. The maximum absolute atomic E-state index is 11.0. The van der Waals surface area contributed by atoms with Gasteiger partial charge in [-0.25, -0.2) is 0 Å². The molecule has 1 aromatic heterocycles. The Morgan fingerprint density at radius 3 is 2.62 bits per heavy atom. The number of esters is 1. The Morgan fingerprint density at radius 1 is 1.50 bits per heavy atom. The molecule has 1 rings (SSSR count). The molecule has 92 valence electrons. The fourth-order valence-electron chi connectivity index (χ4n) is 1.17. The highest BCUT2D eigenvalue weighted by Crippen LogP contribution is 2.01. The predicted octanol–water partition coefficient (Wildman–Crippen LogP) is 1.28. The molecule has 6 heteroatoms. The number of hydrogen-bond acceptors (Lipinski definition) is 4. The van der Waals surface area contributed by atoms with E-state index in [2.05, 4.69) is 9.72 Å². The van der Waals surface area contributed by atoms with E-state index in [4.69, 9.17) is 5.73 Å². The van der Waals surface area contributed by atoms with Gasteiger partial charge >= 0.3 is 5.97 Å². The lowest BCUT2D eigenvalue weighted by Gasteiger charge is -2.08. The van der Waals surface area contributed by atoms with Crippen LogP contribution in [0, 0.1) is 6.92 Å². The number of methoxy groups -OCH3 is 1. The summed E-state index contributed by atoms with van der Waals surface area (Å²) in [5.74, 6) is -0.409. The van der Waals surface area contributed by atoms with Crippen molar-refractivity contribution >= 4 is 30.8 Å². The summed E-state index contributed by atoms with van der Waals surface area (Å²) in [5, 5.41) is 0. The highest BCUT2D eigenvalue weighted by atomic mass is 35.5. The zero-order chi connectivity index (χ0) is 10.6. The minimum Gasteiger partial charge on any atom is -0.468 e. The van der Waals surface area contributed by atoms with Crippen molar-refractivity contribution in [3.63, 3.8) is 0 Å². The summed E-state index contributed by atoms with van der Waals surface area (Å²) >= 11 is 0. The smallest absolute Gasteiger partial charge is 0.323 e. The third-order valence-electron chi connectivity index (χ3n) is 1.88. The SMILES string of the molecule is COC(=O)C(N)Cc1cccc(C)n1.Cl.Cl. The van der Waals surface area contributed by atoms with Crippen LogP contribution < -0.4 is 5.73 Å². The second-order valence-corrected chi connectivity index (χ2v) is 3.10. The summed E-state index contributed by atoms with van der Waals surface area (Å²) in [6, 6.07) is 5.00. The molecule has 1 aromatic rings. The number of carbonyl (C=O) groups is 1. The zero-order valence-corrected chi connectivity index (χ0v) is 10.8. The maximum Gasteiger partial charge on any atom is 0.323 e. The molecular formula is C10H16Cl2N2O2. The van der Waals surface area contributed by atoms with E-state index < -0.39 is 12.0 Å². The van der Waals surface area contributed by atoms with Gasteiger partial charge in [0.1, 0.15) is 6.04 Å². The van der Waals surface area contributed by atoms with E-state index >= 15 is 0 Å².